The Labute approximate surface area is 60.4 Å². The lowest BCUT2D eigenvalue weighted by atomic mass is 10.1. The quantitative estimate of drug-likeness (QED) is 0.482. The number of hydrogen-bond donors (Lipinski definition) is 0. The third kappa shape index (κ3) is 0.897. The minimum Gasteiger partial charge on any atom is -0.245 e. The molecule has 0 bridgehead atoms. The van der Waals surface area contributed by atoms with Gasteiger partial charge in [0.15, 0.2) is 0 Å². The second-order valence-electron chi connectivity index (χ2n) is 2.98. The van der Waals surface area contributed by atoms with Crippen LogP contribution < -0.4 is 0 Å². The van der Waals surface area contributed by atoms with Crippen LogP contribution in [0.2, 0.25) is 0 Å². The van der Waals surface area contributed by atoms with Crippen molar-refractivity contribution < 1.29 is 0 Å². The molecule has 1 heterocycles. The molecule has 1 aliphatic heterocycles. The third-order valence-corrected chi connectivity index (χ3v) is 2.00. The van der Waals surface area contributed by atoms with Crippen molar-refractivity contribution in [3.63, 3.8) is 0 Å². The van der Waals surface area contributed by atoms with Gasteiger partial charge in [-0.15, -0.1) is 0 Å². The first-order valence-corrected chi connectivity index (χ1v) is 3.58. The van der Waals surface area contributed by atoms with Gasteiger partial charge < -0.3 is 0 Å². The van der Waals surface area contributed by atoms with E-state index in [1.165, 1.54) is 12.8 Å². The van der Waals surface area contributed by atoms with Crippen molar-refractivity contribution in [3.8, 4) is 0 Å². The van der Waals surface area contributed by atoms with Crippen LogP contribution in [0.15, 0.2) is 22.3 Å². The average Bonchev–Trinajstić information content (AvgIpc) is 2.67. The second-order valence-corrected chi connectivity index (χ2v) is 2.98. The molecule has 0 aromatic carbocycles. The predicted octanol–water partition coefficient (Wildman–Crippen LogP) is 1.78. The minimum atomic E-state index is 0.307. The van der Waals surface area contributed by atoms with Crippen LogP contribution in [0.1, 0.15) is 19.8 Å². The molecular formula is C8H10N2. The van der Waals surface area contributed by atoms with Crippen LogP contribution in [0, 0.1) is 5.41 Å². The van der Waals surface area contributed by atoms with Crippen molar-refractivity contribution >= 4 is 12.1 Å². The van der Waals surface area contributed by atoms with Crippen LogP contribution in [-0.2, 0) is 0 Å². The average molecular weight is 134 g/mol. The summed E-state index contributed by atoms with van der Waals surface area (Å²) in [5, 5.41) is 0. The Morgan fingerprint density at radius 1 is 1.50 bits per heavy atom. The first kappa shape index (κ1) is 5.83. The molecule has 1 spiro atoms. The minimum absolute atomic E-state index is 0.307. The Morgan fingerprint density at radius 2 is 2.30 bits per heavy atom. The standard InChI is InChI=1S/C8H10N2/c1-7-9-5-4-8(2-3-8)6-10-7/h4-6H,2-3H2,1H3. The fraction of sp³-hybridized carbons (Fsp3) is 0.500. The molecule has 10 heavy (non-hydrogen) atoms. The highest BCUT2D eigenvalue weighted by atomic mass is 14.9. The lowest BCUT2D eigenvalue weighted by Gasteiger charge is -1.94. The Hall–Kier alpha value is -0.920. The van der Waals surface area contributed by atoms with Gasteiger partial charge in [0.1, 0.15) is 5.84 Å². The van der Waals surface area contributed by atoms with Crippen molar-refractivity contribution in [2.24, 2.45) is 15.4 Å². The molecule has 0 amide bonds. The molecule has 0 atom stereocenters. The SMILES string of the molecule is CC1=NC=CC2(C=N1)CC2. The molecule has 0 radical (unpaired) electrons. The van der Waals surface area contributed by atoms with Gasteiger partial charge in [0.2, 0.25) is 0 Å². The Bertz CT molecular complexity index is 232. The van der Waals surface area contributed by atoms with Crippen LogP contribution in [0.5, 0.6) is 0 Å². The zero-order chi connectivity index (χ0) is 7.03. The molecule has 0 saturated heterocycles. The van der Waals surface area contributed by atoms with Crippen molar-refractivity contribution in [1.82, 2.24) is 0 Å². The first-order valence-electron chi connectivity index (χ1n) is 3.58. The molecule has 0 aromatic rings. The largest absolute Gasteiger partial charge is 0.245 e. The van der Waals surface area contributed by atoms with Gasteiger partial charge in [-0.3, -0.25) is 0 Å². The molecule has 2 rings (SSSR count). The number of hydrogen-bond acceptors (Lipinski definition) is 2. The van der Waals surface area contributed by atoms with Gasteiger partial charge in [-0.2, -0.15) is 0 Å². The van der Waals surface area contributed by atoms with Gasteiger partial charge in [0.05, 0.1) is 0 Å². The van der Waals surface area contributed by atoms with Crippen LogP contribution in [0.3, 0.4) is 0 Å². The van der Waals surface area contributed by atoms with E-state index < -0.39 is 0 Å². The van der Waals surface area contributed by atoms with E-state index in [9.17, 15) is 0 Å². The van der Waals surface area contributed by atoms with Gasteiger partial charge in [-0.1, -0.05) is 6.08 Å². The molecule has 2 aliphatic rings. The highest BCUT2D eigenvalue weighted by Crippen LogP contribution is 2.45. The number of allylic oxidation sites excluding steroid dienone is 1. The second kappa shape index (κ2) is 1.78. The van der Waals surface area contributed by atoms with E-state index in [1.54, 1.807) is 0 Å². The highest BCUT2D eigenvalue weighted by Gasteiger charge is 2.38. The maximum atomic E-state index is 4.20. The molecule has 1 aliphatic carbocycles. The molecule has 0 unspecified atom stereocenters. The van der Waals surface area contributed by atoms with E-state index in [2.05, 4.69) is 16.1 Å². The Kier molecular flexibility index (Phi) is 1.04. The van der Waals surface area contributed by atoms with E-state index in [0.29, 0.717) is 5.41 Å². The zero-order valence-corrected chi connectivity index (χ0v) is 6.04. The number of rotatable bonds is 0. The van der Waals surface area contributed by atoms with Crippen molar-refractivity contribution in [3.05, 3.63) is 12.3 Å². The van der Waals surface area contributed by atoms with Crippen molar-refractivity contribution in [2.45, 2.75) is 19.8 Å². The number of aliphatic imine (C=N–C) groups is 2. The third-order valence-electron chi connectivity index (χ3n) is 2.00. The van der Waals surface area contributed by atoms with Gasteiger partial charge in [0, 0.05) is 17.8 Å². The first-order chi connectivity index (χ1) is 4.81. The predicted molar refractivity (Wildman–Crippen MR) is 42.4 cm³/mol. The fourth-order valence-electron chi connectivity index (χ4n) is 1.03. The maximum Gasteiger partial charge on any atom is 0.124 e. The summed E-state index contributed by atoms with van der Waals surface area (Å²) < 4.78 is 0. The molecule has 2 nitrogen and oxygen atoms in total. The topological polar surface area (TPSA) is 24.7 Å². The lowest BCUT2D eigenvalue weighted by molar-refractivity contribution is 0.947. The van der Waals surface area contributed by atoms with Crippen molar-refractivity contribution in [2.75, 3.05) is 0 Å². The lowest BCUT2D eigenvalue weighted by Crippen LogP contribution is -1.95. The van der Waals surface area contributed by atoms with E-state index >= 15 is 0 Å². The summed E-state index contributed by atoms with van der Waals surface area (Å²) >= 11 is 0. The molecule has 0 aromatic heterocycles. The van der Waals surface area contributed by atoms with Crippen LogP contribution in [0.25, 0.3) is 0 Å². The monoisotopic (exact) mass is 134 g/mol. The fourth-order valence-corrected chi connectivity index (χ4v) is 1.03. The van der Waals surface area contributed by atoms with Gasteiger partial charge >= 0.3 is 0 Å². The van der Waals surface area contributed by atoms with E-state index in [-0.39, 0.29) is 0 Å². The smallest absolute Gasteiger partial charge is 0.124 e. The summed E-state index contributed by atoms with van der Waals surface area (Å²) in [6.07, 6.45) is 8.53. The molecular weight excluding hydrogens is 124 g/mol. The molecule has 2 heteroatoms. The van der Waals surface area contributed by atoms with Crippen molar-refractivity contribution in [1.29, 1.82) is 0 Å². The zero-order valence-electron chi connectivity index (χ0n) is 6.04. The summed E-state index contributed by atoms with van der Waals surface area (Å²) in [5.74, 6) is 0.861. The molecule has 0 N–H and O–H groups in total. The van der Waals surface area contributed by atoms with Crippen LogP contribution in [-0.4, -0.2) is 12.1 Å². The summed E-state index contributed by atoms with van der Waals surface area (Å²) in [6, 6.07) is 0. The van der Waals surface area contributed by atoms with Crippen LogP contribution in [0.4, 0.5) is 0 Å². The van der Waals surface area contributed by atoms with Gasteiger partial charge in [-0.05, 0) is 19.8 Å². The van der Waals surface area contributed by atoms with Gasteiger partial charge in [0.25, 0.3) is 0 Å². The molecule has 52 valence electrons. The highest BCUT2D eigenvalue weighted by molar-refractivity contribution is 5.91. The van der Waals surface area contributed by atoms with Gasteiger partial charge in [-0.25, -0.2) is 9.98 Å². The Morgan fingerprint density at radius 3 is 3.00 bits per heavy atom. The Balaban J connectivity index is 2.28. The molecule has 1 saturated carbocycles. The summed E-state index contributed by atoms with van der Waals surface area (Å²) in [4.78, 5) is 8.30. The van der Waals surface area contributed by atoms with E-state index in [0.717, 1.165) is 5.84 Å². The summed E-state index contributed by atoms with van der Waals surface area (Å²) in [7, 11) is 0. The number of amidine groups is 1. The van der Waals surface area contributed by atoms with Crippen LogP contribution >= 0.6 is 0 Å². The van der Waals surface area contributed by atoms with E-state index in [4.69, 9.17) is 0 Å². The normalized spacial score (nSPS) is 26.3. The molecule has 1 fully saturated rings. The summed E-state index contributed by atoms with van der Waals surface area (Å²) in [5.41, 5.74) is 0.307. The number of nitrogens with zero attached hydrogens (tertiary/aromatic N) is 2. The maximum absolute atomic E-state index is 4.20. The van der Waals surface area contributed by atoms with E-state index in [1.807, 2.05) is 19.3 Å². The summed E-state index contributed by atoms with van der Waals surface area (Å²) in [6.45, 7) is 1.92.